The van der Waals surface area contributed by atoms with E-state index in [2.05, 4.69) is 52.9 Å². The first-order valence-corrected chi connectivity index (χ1v) is 4.51. The third kappa shape index (κ3) is 1.25. The molecule has 1 radical (unpaired) electrons. The van der Waals surface area contributed by atoms with Crippen molar-refractivity contribution in [3.63, 3.8) is 0 Å². The van der Waals surface area contributed by atoms with Gasteiger partial charge in [0.1, 0.15) is 0 Å². The van der Waals surface area contributed by atoms with Gasteiger partial charge in [-0.3, -0.25) is 0 Å². The summed E-state index contributed by atoms with van der Waals surface area (Å²) >= 11 is 2.34. The molecule has 0 heterocycles. The highest BCUT2D eigenvalue weighted by Crippen LogP contribution is 2.18. The molecule has 0 nitrogen and oxygen atoms in total. The van der Waals surface area contributed by atoms with Crippen molar-refractivity contribution in [1.82, 2.24) is 0 Å². The number of halogens is 1. The van der Waals surface area contributed by atoms with Crippen LogP contribution in [0.25, 0.3) is 10.8 Å². The highest BCUT2D eigenvalue weighted by Gasteiger charge is 1.93. The van der Waals surface area contributed by atoms with E-state index < -0.39 is 0 Å². The molecule has 2 aromatic carbocycles. The molecule has 0 fully saturated rings. The molecule has 1 heteroatoms. The van der Waals surface area contributed by atoms with E-state index in [4.69, 9.17) is 0 Å². The summed E-state index contributed by atoms with van der Waals surface area (Å²) < 4.78 is 1.29. The molecule has 0 aliphatic rings. The SMILES string of the molecule is Ic1cc[c]c2ccccc12. The van der Waals surface area contributed by atoms with Gasteiger partial charge in [0.2, 0.25) is 0 Å². The van der Waals surface area contributed by atoms with Crippen molar-refractivity contribution >= 4 is 33.4 Å². The van der Waals surface area contributed by atoms with Crippen LogP contribution >= 0.6 is 22.6 Å². The molecule has 2 rings (SSSR count). The van der Waals surface area contributed by atoms with E-state index in [1.54, 1.807) is 0 Å². The van der Waals surface area contributed by atoms with Crippen LogP contribution in [0.4, 0.5) is 0 Å². The minimum Gasteiger partial charge on any atom is -0.0616 e. The van der Waals surface area contributed by atoms with Gasteiger partial charge < -0.3 is 0 Å². The zero-order chi connectivity index (χ0) is 7.68. The number of hydrogen-bond acceptors (Lipinski definition) is 0. The molecule has 0 aliphatic heterocycles. The van der Waals surface area contributed by atoms with Crippen molar-refractivity contribution in [1.29, 1.82) is 0 Å². The summed E-state index contributed by atoms with van der Waals surface area (Å²) in [4.78, 5) is 0. The summed E-state index contributed by atoms with van der Waals surface area (Å²) in [5, 5.41) is 2.48. The van der Waals surface area contributed by atoms with Crippen molar-refractivity contribution < 1.29 is 0 Å². The van der Waals surface area contributed by atoms with Gasteiger partial charge in [0.05, 0.1) is 0 Å². The largest absolute Gasteiger partial charge is 0.0616 e. The Balaban J connectivity index is 2.91. The fourth-order valence-corrected chi connectivity index (χ4v) is 1.76. The Labute approximate surface area is 79.4 Å². The Hall–Kier alpha value is -0.570. The Kier molecular flexibility index (Phi) is 1.82. The number of hydrogen-bond donors (Lipinski definition) is 0. The first kappa shape index (κ1) is 7.10. The molecule has 2 aromatic rings. The van der Waals surface area contributed by atoms with Crippen LogP contribution in [-0.4, -0.2) is 0 Å². The van der Waals surface area contributed by atoms with Crippen LogP contribution in [-0.2, 0) is 0 Å². The van der Waals surface area contributed by atoms with Crippen molar-refractivity contribution in [3.05, 3.63) is 46.0 Å². The molecule has 0 N–H and O–H groups in total. The van der Waals surface area contributed by atoms with E-state index in [-0.39, 0.29) is 0 Å². The Bertz CT molecular complexity index is 374. The normalized spacial score (nSPS) is 10.3. The van der Waals surface area contributed by atoms with Crippen LogP contribution in [0.3, 0.4) is 0 Å². The third-order valence-corrected chi connectivity index (χ3v) is 2.59. The lowest BCUT2D eigenvalue weighted by Crippen LogP contribution is -1.75. The quantitative estimate of drug-likeness (QED) is 0.632. The van der Waals surface area contributed by atoms with Crippen molar-refractivity contribution in [2.45, 2.75) is 0 Å². The van der Waals surface area contributed by atoms with Gasteiger partial charge in [-0.1, -0.05) is 30.3 Å². The molecule has 0 atom stereocenters. The van der Waals surface area contributed by atoms with Gasteiger partial charge in [-0.2, -0.15) is 0 Å². The first-order valence-electron chi connectivity index (χ1n) is 3.43. The van der Waals surface area contributed by atoms with Crippen LogP contribution in [0.15, 0.2) is 36.4 Å². The lowest BCUT2D eigenvalue weighted by molar-refractivity contribution is 1.70. The average molecular weight is 253 g/mol. The van der Waals surface area contributed by atoms with Gasteiger partial charge in [-0.25, -0.2) is 0 Å². The maximum absolute atomic E-state index is 3.19. The zero-order valence-corrected chi connectivity index (χ0v) is 8.00. The minimum atomic E-state index is 1.19. The Morgan fingerprint density at radius 1 is 1.09 bits per heavy atom. The lowest BCUT2D eigenvalue weighted by atomic mass is 10.1. The fourth-order valence-electron chi connectivity index (χ4n) is 1.11. The van der Waals surface area contributed by atoms with Gasteiger partial charge in [-0.05, 0) is 45.5 Å². The summed E-state index contributed by atoms with van der Waals surface area (Å²) in [7, 11) is 0. The number of rotatable bonds is 0. The maximum atomic E-state index is 3.19. The average Bonchev–Trinajstić information content (AvgIpc) is 2.06. The van der Waals surface area contributed by atoms with Crippen molar-refractivity contribution in [2.24, 2.45) is 0 Å². The predicted molar refractivity (Wildman–Crippen MR) is 55.5 cm³/mol. The second kappa shape index (κ2) is 2.81. The topological polar surface area (TPSA) is 0 Å². The molecule has 0 saturated carbocycles. The zero-order valence-electron chi connectivity index (χ0n) is 5.84. The van der Waals surface area contributed by atoms with E-state index in [1.807, 2.05) is 12.1 Å². The van der Waals surface area contributed by atoms with Crippen molar-refractivity contribution in [3.8, 4) is 0 Å². The third-order valence-electron chi connectivity index (χ3n) is 1.65. The first-order chi connectivity index (χ1) is 5.38. The molecule has 11 heavy (non-hydrogen) atoms. The number of benzene rings is 2. The maximum Gasteiger partial charge on any atom is 0.0209 e. The van der Waals surface area contributed by atoms with Crippen LogP contribution < -0.4 is 0 Å². The van der Waals surface area contributed by atoms with E-state index in [1.165, 1.54) is 14.3 Å². The van der Waals surface area contributed by atoms with Gasteiger partial charge in [-0.15, -0.1) is 0 Å². The molecule has 0 unspecified atom stereocenters. The van der Waals surface area contributed by atoms with Crippen molar-refractivity contribution in [2.75, 3.05) is 0 Å². The monoisotopic (exact) mass is 253 g/mol. The standard InChI is InChI=1S/C10H6I/c11-10-7-3-5-8-4-1-2-6-9(8)10/h1-4,6-7H. The minimum absolute atomic E-state index is 1.19. The van der Waals surface area contributed by atoms with Gasteiger partial charge in [0, 0.05) is 3.57 Å². The highest BCUT2D eigenvalue weighted by atomic mass is 127. The fraction of sp³-hybridized carbons (Fsp3) is 0. The molecule has 0 spiro atoms. The second-order valence-corrected chi connectivity index (χ2v) is 3.53. The summed E-state index contributed by atoms with van der Waals surface area (Å²) in [6.45, 7) is 0. The molecule has 0 aromatic heterocycles. The molecule has 53 valence electrons. The smallest absolute Gasteiger partial charge is 0.0209 e. The molecule has 0 aliphatic carbocycles. The van der Waals surface area contributed by atoms with Gasteiger partial charge in [0.15, 0.2) is 0 Å². The predicted octanol–water partition coefficient (Wildman–Crippen LogP) is 3.24. The van der Waals surface area contributed by atoms with Crippen LogP contribution in [0, 0.1) is 9.64 Å². The van der Waals surface area contributed by atoms with E-state index >= 15 is 0 Å². The van der Waals surface area contributed by atoms with Crippen LogP contribution in [0.2, 0.25) is 0 Å². The summed E-state index contributed by atoms with van der Waals surface area (Å²) in [6.07, 6.45) is 0. The van der Waals surface area contributed by atoms with Crippen LogP contribution in [0.5, 0.6) is 0 Å². The Morgan fingerprint density at radius 3 is 2.73 bits per heavy atom. The molecule has 0 amide bonds. The summed E-state index contributed by atoms with van der Waals surface area (Å²) in [5.74, 6) is 0. The van der Waals surface area contributed by atoms with E-state index in [0.717, 1.165) is 0 Å². The molecular formula is C10H6I. The van der Waals surface area contributed by atoms with E-state index in [9.17, 15) is 0 Å². The molecule has 0 saturated heterocycles. The van der Waals surface area contributed by atoms with Gasteiger partial charge >= 0.3 is 0 Å². The summed E-state index contributed by atoms with van der Waals surface area (Å²) in [5.41, 5.74) is 0. The molecule has 0 bridgehead atoms. The second-order valence-electron chi connectivity index (χ2n) is 2.37. The lowest BCUT2D eigenvalue weighted by Gasteiger charge is -1.97. The molecular weight excluding hydrogens is 247 g/mol. The Morgan fingerprint density at radius 2 is 1.91 bits per heavy atom. The van der Waals surface area contributed by atoms with E-state index in [0.29, 0.717) is 0 Å². The number of fused-ring (bicyclic) bond motifs is 1. The highest BCUT2D eigenvalue weighted by molar-refractivity contribution is 14.1. The van der Waals surface area contributed by atoms with Crippen LogP contribution in [0.1, 0.15) is 0 Å². The summed E-state index contributed by atoms with van der Waals surface area (Å²) in [6, 6.07) is 15.5. The van der Waals surface area contributed by atoms with Gasteiger partial charge in [0.25, 0.3) is 0 Å².